The van der Waals surface area contributed by atoms with Crippen LogP contribution in [0.25, 0.3) is 0 Å². The van der Waals surface area contributed by atoms with Crippen LogP contribution >= 0.6 is 0 Å². The van der Waals surface area contributed by atoms with Crippen LogP contribution in [0.3, 0.4) is 0 Å². The Morgan fingerprint density at radius 1 is 1.29 bits per heavy atom. The summed E-state index contributed by atoms with van der Waals surface area (Å²) in [6.45, 7) is 12.8. The van der Waals surface area contributed by atoms with Gasteiger partial charge in [0, 0.05) is 19.1 Å². The molecule has 1 N–H and O–H groups in total. The highest BCUT2D eigenvalue weighted by atomic mass is 16.2. The van der Waals surface area contributed by atoms with Gasteiger partial charge in [-0.2, -0.15) is 0 Å². The Hall–Kier alpha value is -0.610. The fourth-order valence-electron chi connectivity index (χ4n) is 2.95. The molecular formula is C17H35N3O. The van der Waals surface area contributed by atoms with Gasteiger partial charge in [0.2, 0.25) is 5.91 Å². The fraction of sp³-hybridized carbons (Fsp3) is 0.941. The minimum Gasteiger partial charge on any atom is -0.325 e. The molecule has 0 aromatic rings. The van der Waals surface area contributed by atoms with Crippen molar-refractivity contribution in [2.24, 2.45) is 5.92 Å². The number of hydrogen-bond donors (Lipinski definition) is 1. The zero-order chi connectivity index (χ0) is 16.0. The smallest absolute Gasteiger partial charge is 0.241 e. The Morgan fingerprint density at radius 2 is 1.95 bits per heavy atom. The van der Waals surface area contributed by atoms with E-state index in [0.717, 1.165) is 38.8 Å². The van der Waals surface area contributed by atoms with E-state index >= 15 is 0 Å². The number of nitrogens with zero attached hydrogens (tertiary/aromatic N) is 2. The molecule has 0 aromatic heterocycles. The van der Waals surface area contributed by atoms with Crippen LogP contribution in [-0.2, 0) is 4.79 Å². The van der Waals surface area contributed by atoms with Crippen LogP contribution in [0, 0.1) is 5.92 Å². The number of hydrogen-bond acceptors (Lipinski definition) is 3. The Bertz CT molecular complexity index is 319. The molecule has 1 fully saturated rings. The molecule has 3 atom stereocenters. The molecule has 1 aliphatic rings. The monoisotopic (exact) mass is 297 g/mol. The van der Waals surface area contributed by atoms with Crippen LogP contribution < -0.4 is 5.32 Å². The van der Waals surface area contributed by atoms with Crippen molar-refractivity contribution >= 4 is 5.91 Å². The minimum atomic E-state index is 0.0349. The van der Waals surface area contributed by atoms with E-state index in [1.165, 1.54) is 0 Å². The third-order valence-electron chi connectivity index (χ3n) is 4.66. The van der Waals surface area contributed by atoms with Crippen molar-refractivity contribution in [3.63, 3.8) is 0 Å². The van der Waals surface area contributed by atoms with Gasteiger partial charge in [-0.25, -0.2) is 0 Å². The van der Waals surface area contributed by atoms with Gasteiger partial charge in [0.1, 0.15) is 0 Å². The lowest BCUT2D eigenvalue weighted by Crippen LogP contribution is -2.43. The molecule has 0 saturated carbocycles. The van der Waals surface area contributed by atoms with Crippen molar-refractivity contribution in [2.45, 2.75) is 78.6 Å². The predicted molar refractivity (Wildman–Crippen MR) is 89.2 cm³/mol. The molecule has 0 aliphatic carbocycles. The summed E-state index contributed by atoms with van der Waals surface area (Å²) in [5.74, 6) is 0.908. The summed E-state index contributed by atoms with van der Waals surface area (Å²) in [6, 6.07) is 0.610. The van der Waals surface area contributed by atoms with Gasteiger partial charge in [-0.05, 0) is 39.2 Å². The van der Waals surface area contributed by atoms with Crippen LogP contribution in [0.5, 0.6) is 0 Å². The zero-order valence-electron chi connectivity index (χ0n) is 14.9. The topological polar surface area (TPSA) is 35.6 Å². The second-order valence-corrected chi connectivity index (χ2v) is 6.92. The first-order valence-corrected chi connectivity index (χ1v) is 8.67. The molecular weight excluding hydrogens is 262 g/mol. The summed E-state index contributed by atoms with van der Waals surface area (Å²) in [5.41, 5.74) is 0. The molecule has 1 aliphatic heterocycles. The largest absolute Gasteiger partial charge is 0.325 e. The standard InChI is InChI=1S/C17H35N3O/c1-7-9-15-17(21)20(16(18-15)12-13(3)4)11-10-19(6)14(5)8-2/h13-16,18H,7-12H2,1-6H3. The summed E-state index contributed by atoms with van der Waals surface area (Å²) in [4.78, 5) is 17.0. The highest BCUT2D eigenvalue weighted by Gasteiger charge is 2.38. The fourth-order valence-corrected chi connectivity index (χ4v) is 2.95. The molecule has 0 bridgehead atoms. The highest BCUT2D eigenvalue weighted by molar-refractivity contribution is 5.84. The molecule has 1 heterocycles. The molecule has 0 aromatic carbocycles. The predicted octanol–water partition coefficient (Wildman–Crippen LogP) is 2.69. The van der Waals surface area contributed by atoms with Crippen LogP contribution in [-0.4, -0.2) is 54.1 Å². The van der Waals surface area contributed by atoms with E-state index in [0.29, 0.717) is 17.9 Å². The summed E-state index contributed by atoms with van der Waals surface area (Å²) < 4.78 is 0. The van der Waals surface area contributed by atoms with Crippen LogP contribution in [0.1, 0.15) is 60.3 Å². The van der Waals surface area contributed by atoms with Crippen LogP contribution in [0.4, 0.5) is 0 Å². The van der Waals surface area contributed by atoms with Crippen molar-refractivity contribution in [3.05, 3.63) is 0 Å². The van der Waals surface area contributed by atoms with E-state index < -0.39 is 0 Å². The Morgan fingerprint density at radius 3 is 2.48 bits per heavy atom. The summed E-state index contributed by atoms with van der Waals surface area (Å²) in [7, 11) is 2.16. The molecule has 4 heteroatoms. The van der Waals surface area contributed by atoms with Crippen molar-refractivity contribution < 1.29 is 4.79 Å². The van der Waals surface area contributed by atoms with Gasteiger partial charge in [-0.15, -0.1) is 0 Å². The van der Waals surface area contributed by atoms with Gasteiger partial charge < -0.3 is 9.80 Å². The van der Waals surface area contributed by atoms with Gasteiger partial charge in [0.05, 0.1) is 12.2 Å². The number of likely N-dealkylation sites (N-methyl/N-ethyl adjacent to an activating group) is 1. The molecule has 21 heavy (non-hydrogen) atoms. The molecule has 1 saturated heterocycles. The maximum absolute atomic E-state index is 12.6. The molecule has 1 amide bonds. The lowest BCUT2D eigenvalue weighted by Gasteiger charge is -2.30. The van der Waals surface area contributed by atoms with Crippen molar-refractivity contribution in [1.29, 1.82) is 0 Å². The second-order valence-electron chi connectivity index (χ2n) is 6.92. The molecule has 1 rings (SSSR count). The first-order valence-electron chi connectivity index (χ1n) is 8.67. The molecule has 3 unspecified atom stereocenters. The average molecular weight is 297 g/mol. The molecule has 4 nitrogen and oxygen atoms in total. The quantitative estimate of drug-likeness (QED) is 0.711. The van der Waals surface area contributed by atoms with Gasteiger partial charge in [0.25, 0.3) is 0 Å². The average Bonchev–Trinajstić information content (AvgIpc) is 2.71. The van der Waals surface area contributed by atoms with E-state index in [2.05, 4.69) is 56.8 Å². The number of nitrogens with one attached hydrogen (secondary N) is 1. The number of amides is 1. The first kappa shape index (κ1) is 18.4. The number of carbonyl (C=O) groups excluding carboxylic acids is 1. The van der Waals surface area contributed by atoms with Crippen molar-refractivity contribution in [2.75, 3.05) is 20.1 Å². The van der Waals surface area contributed by atoms with Gasteiger partial charge in [0.15, 0.2) is 0 Å². The summed E-state index contributed by atoms with van der Waals surface area (Å²) in [5, 5.41) is 3.55. The first-order chi connectivity index (χ1) is 9.90. The minimum absolute atomic E-state index is 0.0349. The number of rotatable bonds is 9. The van der Waals surface area contributed by atoms with E-state index in [1.54, 1.807) is 0 Å². The number of carbonyl (C=O) groups is 1. The highest BCUT2D eigenvalue weighted by Crippen LogP contribution is 2.20. The summed E-state index contributed by atoms with van der Waals surface area (Å²) >= 11 is 0. The third kappa shape index (κ3) is 5.26. The lowest BCUT2D eigenvalue weighted by atomic mass is 10.1. The molecule has 0 spiro atoms. The zero-order valence-corrected chi connectivity index (χ0v) is 14.9. The third-order valence-corrected chi connectivity index (χ3v) is 4.66. The van der Waals surface area contributed by atoms with E-state index in [-0.39, 0.29) is 12.2 Å². The Labute approximate surface area is 131 Å². The van der Waals surface area contributed by atoms with Crippen LogP contribution in [0.15, 0.2) is 0 Å². The van der Waals surface area contributed by atoms with Gasteiger partial charge in [-0.3, -0.25) is 10.1 Å². The van der Waals surface area contributed by atoms with Crippen LogP contribution in [0.2, 0.25) is 0 Å². The maximum Gasteiger partial charge on any atom is 0.241 e. The maximum atomic E-state index is 12.6. The lowest BCUT2D eigenvalue weighted by molar-refractivity contribution is -0.130. The van der Waals surface area contributed by atoms with E-state index in [1.807, 2.05) is 0 Å². The van der Waals surface area contributed by atoms with Crippen molar-refractivity contribution in [3.8, 4) is 0 Å². The Kier molecular flexibility index (Phi) is 7.67. The SMILES string of the molecule is CCCC1NC(CC(C)C)N(CCN(C)C(C)CC)C1=O. The Balaban J connectivity index is 2.63. The van der Waals surface area contributed by atoms with E-state index in [4.69, 9.17) is 0 Å². The molecule has 0 radical (unpaired) electrons. The van der Waals surface area contributed by atoms with Gasteiger partial charge in [-0.1, -0.05) is 34.1 Å². The summed E-state index contributed by atoms with van der Waals surface area (Å²) in [6.07, 6.45) is 4.42. The van der Waals surface area contributed by atoms with Gasteiger partial charge >= 0.3 is 0 Å². The second kappa shape index (κ2) is 8.74. The normalized spacial score (nSPS) is 24.4. The van der Waals surface area contributed by atoms with Crippen molar-refractivity contribution in [1.82, 2.24) is 15.1 Å². The van der Waals surface area contributed by atoms with E-state index in [9.17, 15) is 4.79 Å². The molecule has 124 valence electrons.